The predicted molar refractivity (Wildman–Crippen MR) is 75.8 cm³/mol. The lowest BCUT2D eigenvalue weighted by Crippen LogP contribution is -2.07. The average molecular weight is 268 g/mol. The highest BCUT2D eigenvalue weighted by Crippen LogP contribution is 2.13. The molecule has 0 aliphatic carbocycles. The van der Waals surface area contributed by atoms with E-state index in [1.165, 1.54) is 6.20 Å². The summed E-state index contributed by atoms with van der Waals surface area (Å²) in [5.41, 5.74) is 2.55. The number of nitrogens with zero attached hydrogens (tertiary/aromatic N) is 3. The van der Waals surface area contributed by atoms with Crippen molar-refractivity contribution in [3.63, 3.8) is 0 Å². The number of nitrogens with one attached hydrogen (secondary N) is 1. The van der Waals surface area contributed by atoms with E-state index in [1.807, 2.05) is 37.3 Å². The molecule has 0 saturated heterocycles. The second-order valence-corrected chi connectivity index (χ2v) is 4.12. The number of nitriles is 1. The van der Waals surface area contributed by atoms with E-state index in [1.54, 1.807) is 6.20 Å². The monoisotopic (exact) mass is 268 g/mol. The number of ether oxygens (including phenoxy) is 1. The number of aromatic nitrogens is 2. The number of rotatable bonds is 6. The molecule has 1 N–H and O–H groups in total. The van der Waals surface area contributed by atoms with Crippen molar-refractivity contribution < 1.29 is 4.74 Å². The van der Waals surface area contributed by atoms with E-state index in [4.69, 9.17) is 10.00 Å². The van der Waals surface area contributed by atoms with Gasteiger partial charge in [-0.25, -0.2) is 9.97 Å². The summed E-state index contributed by atoms with van der Waals surface area (Å²) in [6.45, 7) is 3.82. The lowest BCUT2D eigenvalue weighted by Gasteiger charge is -2.11. The molecule has 0 radical (unpaired) electrons. The van der Waals surface area contributed by atoms with Gasteiger partial charge in [-0.1, -0.05) is 24.3 Å². The van der Waals surface area contributed by atoms with Crippen LogP contribution >= 0.6 is 0 Å². The van der Waals surface area contributed by atoms with Gasteiger partial charge in [0.2, 0.25) is 0 Å². The Bertz CT molecular complexity index is 607. The first-order valence-electron chi connectivity index (χ1n) is 6.44. The largest absolute Gasteiger partial charge is 0.377 e. The first-order chi connectivity index (χ1) is 9.85. The van der Waals surface area contributed by atoms with Gasteiger partial charge >= 0.3 is 0 Å². The van der Waals surface area contributed by atoms with Gasteiger partial charge in [0, 0.05) is 25.5 Å². The molecular weight excluding hydrogens is 252 g/mol. The summed E-state index contributed by atoms with van der Waals surface area (Å²) in [6.07, 6.45) is 3.07. The van der Waals surface area contributed by atoms with Gasteiger partial charge in [0.1, 0.15) is 6.07 Å². The maximum Gasteiger partial charge on any atom is 0.182 e. The lowest BCUT2D eigenvalue weighted by molar-refractivity contribution is 0.133. The molecule has 5 nitrogen and oxygen atoms in total. The summed E-state index contributed by atoms with van der Waals surface area (Å²) in [5, 5.41) is 12.1. The molecule has 0 fully saturated rings. The molecule has 0 aliphatic rings. The minimum atomic E-state index is 0.301. The van der Waals surface area contributed by atoms with Crippen molar-refractivity contribution in [1.82, 2.24) is 9.97 Å². The highest BCUT2D eigenvalue weighted by molar-refractivity contribution is 5.47. The zero-order valence-electron chi connectivity index (χ0n) is 11.3. The molecule has 0 saturated carbocycles. The van der Waals surface area contributed by atoms with Gasteiger partial charge in [-0.15, -0.1) is 0 Å². The van der Waals surface area contributed by atoms with E-state index in [2.05, 4.69) is 15.3 Å². The molecule has 0 aliphatic heterocycles. The molecule has 1 heterocycles. The summed E-state index contributed by atoms with van der Waals surface area (Å²) >= 11 is 0. The zero-order chi connectivity index (χ0) is 14.2. The number of anilines is 1. The van der Waals surface area contributed by atoms with Crippen LogP contribution in [-0.2, 0) is 17.9 Å². The summed E-state index contributed by atoms with van der Waals surface area (Å²) in [4.78, 5) is 8.10. The fourth-order valence-electron chi connectivity index (χ4n) is 1.81. The number of benzene rings is 1. The van der Waals surface area contributed by atoms with Crippen LogP contribution in [0.3, 0.4) is 0 Å². The molecule has 1 aromatic carbocycles. The van der Waals surface area contributed by atoms with Gasteiger partial charge in [0.05, 0.1) is 6.61 Å². The fourth-order valence-corrected chi connectivity index (χ4v) is 1.81. The van der Waals surface area contributed by atoms with Crippen molar-refractivity contribution in [2.45, 2.75) is 20.1 Å². The molecule has 0 unspecified atom stereocenters. The van der Waals surface area contributed by atoms with Crippen LogP contribution in [-0.4, -0.2) is 16.6 Å². The van der Waals surface area contributed by atoms with Crippen LogP contribution in [0.1, 0.15) is 23.7 Å². The van der Waals surface area contributed by atoms with E-state index in [0.29, 0.717) is 31.3 Å². The molecule has 20 heavy (non-hydrogen) atoms. The Morgan fingerprint density at radius 1 is 1.20 bits per heavy atom. The molecule has 0 atom stereocenters. The van der Waals surface area contributed by atoms with E-state index < -0.39 is 0 Å². The molecule has 5 heteroatoms. The first kappa shape index (κ1) is 14.0. The lowest BCUT2D eigenvalue weighted by atomic mass is 10.1. The summed E-state index contributed by atoms with van der Waals surface area (Å²) in [5.74, 6) is 0.501. The molecule has 0 bridgehead atoms. The Balaban J connectivity index is 2.09. The van der Waals surface area contributed by atoms with Crippen LogP contribution in [0.5, 0.6) is 0 Å². The Morgan fingerprint density at radius 2 is 1.95 bits per heavy atom. The van der Waals surface area contributed by atoms with Crippen molar-refractivity contribution in [1.29, 1.82) is 5.26 Å². The van der Waals surface area contributed by atoms with E-state index >= 15 is 0 Å². The van der Waals surface area contributed by atoms with Gasteiger partial charge in [-0.2, -0.15) is 5.26 Å². The summed E-state index contributed by atoms with van der Waals surface area (Å²) in [7, 11) is 0. The van der Waals surface area contributed by atoms with Gasteiger partial charge < -0.3 is 10.1 Å². The zero-order valence-corrected chi connectivity index (χ0v) is 11.3. The van der Waals surface area contributed by atoms with Crippen molar-refractivity contribution in [2.75, 3.05) is 11.9 Å². The van der Waals surface area contributed by atoms with Crippen LogP contribution in [0.15, 0.2) is 36.7 Å². The van der Waals surface area contributed by atoms with E-state index in [9.17, 15) is 0 Å². The SMILES string of the molecule is CCOCc1ccccc1CNc1nccnc1C#N. The molecule has 0 spiro atoms. The summed E-state index contributed by atoms with van der Waals surface area (Å²) in [6, 6.07) is 10.1. The number of hydrogen-bond donors (Lipinski definition) is 1. The van der Waals surface area contributed by atoms with Crippen LogP contribution in [0.4, 0.5) is 5.82 Å². The van der Waals surface area contributed by atoms with Gasteiger partial charge in [0.25, 0.3) is 0 Å². The molecule has 102 valence electrons. The summed E-state index contributed by atoms with van der Waals surface area (Å²) < 4.78 is 5.45. The van der Waals surface area contributed by atoms with Crippen LogP contribution in [0.25, 0.3) is 0 Å². The topological polar surface area (TPSA) is 70.8 Å². The third-order valence-corrected chi connectivity index (χ3v) is 2.83. The Hall–Kier alpha value is -2.45. The molecule has 2 aromatic rings. The van der Waals surface area contributed by atoms with Crippen LogP contribution in [0.2, 0.25) is 0 Å². The maximum absolute atomic E-state index is 8.97. The number of hydrogen-bond acceptors (Lipinski definition) is 5. The first-order valence-corrected chi connectivity index (χ1v) is 6.44. The highest BCUT2D eigenvalue weighted by Gasteiger charge is 2.06. The van der Waals surface area contributed by atoms with E-state index in [-0.39, 0.29) is 0 Å². The standard InChI is InChI=1S/C15H16N4O/c1-2-20-11-13-6-4-3-5-12(13)10-19-15-14(9-16)17-7-8-18-15/h3-8H,2,10-11H2,1H3,(H,18,19). The maximum atomic E-state index is 8.97. The van der Waals surface area contributed by atoms with Crippen molar-refractivity contribution in [2.24, 2.45) is 0 Å². The molecule has 2 rings (SSSR count). The van der Waals surface area contributed by atoms with Gasteiger partial charge in [-0.3, -0.25) is 0 Å². The van der Waals surface area contributed by atoms with Gasteiger partial charge in [0.15, 0.2) is 11.5 Å². The normalized spacial score (nSPS) is 10.0. The Labute approximate surface area is 118 Å². The van der Waals surface area contributed by atoms with Crippen molar-refractivity contribution in [3.8, 4) is 6.07 Å². The van der Waals surface area contributed by atoms with Gasteiger partial charge in [-0.05, 0) is 18.1 Å². The third kappa shape index (κ3) is 3.53. The predicted octanol–water partition coefficient (Wildman–Crippen LogP) is 2.50. The second-order valence-electron chi connectivity index (χ2n) is 4.12. The Morgan fingerprint density at radius 3 is 2.70 bits per heavy atom. The highest BCUT2D eigenvalue weighted by atomic mass is 16.5. The smallest absolute Gasteiger partial charge is 0.182 e. The molecule has 1 aromatic heterocycles. The molecular formula is C15H16N4O. The minimum absolute atomic E-state index is 0.301. The third-order valence-electron chi connectivity index (χ3n) is 2.83. The molecule has 0 amide bonds. The fraction of sp³-hybridized carbons (Fsp3) is 0.267. The van der Waals surface area contributed by atoms with Crippen molar-refractivity contribution in [3.05, 3.63) is 53.5 Å². The quantitative estimate of drug-likeness (QED) is 0.871. The second kappa shape index (κ2) is 7.22. The average Bonchev–Trinajstić information content (AvgIpc) is 2.52. The minimum Gasteiger partial charge on any atom is -0.377 e. The van der Waals surface area contributed by atoms with Crippen LogP contribution < -0.4 is 5.32 Å². The van der Waals surface area contributed by atoms with Crippen molar-refractivity contribution >= 4 is 5.82 Å². The Kier molecular flexibility index (Phi) is 5.04. The van der Waals surface area contributed by atoms with Crippen LogP contribution in [0, 0.1) is 11.3 Å². The van der Waals surface area contributed by atoms with E-state index in [0.717, 1.165) is 11.1 Å².